The van der Waals surface area contributed by atoms with Crippen molar-refractivity contribution in [3.8, 4) is 0 Å². The van der Waals surface area contributed by atoms with Gasteiger partial charge in [-0.05, 0) is 32.9 Å². The monoisotopic (exact) mass is 528 g/mol. The molecule has 184 valence electrons. The Labute approximate surface area is 211 Å². The molecule has 1 unspecified atom stereocenters. The van der Waals surface area contributed by atoms with Gasteiger partial charge in [0.1, 0.15) is 22.4 Å². The Morgan fingerprint density at radius 3 is 2.53 bits per heavy atom. The summed E-state index contributed by atoms with van der Waals surface area (Å²) in [6.45, 7) is 5.67. The lowest BCUT2D eigenvalue weighted by Gasteiger charge is -2.40. The van der Waals surface area contributed by atoms with Crippen LogP contribution in [0.25, 0.3) is 0 Å². The molecule has 0 saturated carbocycles. The molecule has 3 rings (SSSR count). The summed E-state index contributed by atoms with van der Waals surface area (Å²) >= 11 is 13.4. The van der Waals surface area contributed by atoms with Crippen LogP contribution >= 0.6 is 35.0 Å². The van der Waals surface area contributed by atoms with Gasteiger partial charge in [0, 0.05) is 25.0 Å². The number of hydrogen-bond donors (Lipinski definition) is 2. The summed E-state index contributed by atoms with van der Waals surface area (Å²) in [6, 6.07) is 4.11. The van der Waals surface area contributed by atoms with Crippen molar-refractivity contribution in [2.24, 2.45) is 12.8 Å². The minimum atomic E-state index is -0.971. The van der Waals surface area contributed by atoms with Gasteiger partial charge < -0.3 is 21.1 Å². The van der Waals surface area contributed by atoms with Crippen LogP contribution in [0.3, 0.4) is 0 Å². The summed E-state index contributed by atoms with van der Waals surface area (Å²) in [6.07, 6.45) is -0.637. The zero-order valence-corrected chi connectivity index (χ0v) is 21.5. The number of piperazine rings is 1. The number of aromatic nitrogens is 2. The topological polar surface area (TPSA) is 137 Å². The molecule has 1 atom stereocenters. The minimum Gasteiger partial charge on any atom is -0.444 e. The van der Waals surface area contributed by atoms with Gasteiger partial charge >= 0.3 is 6.09 Å². The van der Waals surface area contributed by atoms with E-state index >= 15 is 0 Å². The van der Waals surface area contributed by atoms with Gasteiger partial charge in [-0.15, -0.1) is 0 Å². The van der Waals surface area contributed by atoms with E-state index in [1.54, 1.807) is 50.9 Å². The van der Waals surface area contributed by atoms with Crippen LogP contribution in [0.15, 0.2) is 32.8 Å². The van der Waals surface area contributed by atoms with Gasteiger partial charge in [-0.25, -0.2) is 4.79 Å². The molecular formula is C21H26Cl2N6O4S. The number of ether oxygens (including phenoxy) is 1. The first-order valence-electron chi connectivity index (χ1n) is 10.3. The van der Waals surface area contributed by atoms with E-state index in [0.29, 0.717) is 14.9 Å². The van der Waals surface area contributed by atoms with E-state index < -0.39 is 29.2 Å². The summed E-state index contributed by atoms with van der Waals surface area (Å²) in [5.41, 5.74) is 10.6. The van der Waals surface area contributed by atoms with E-state index in [1.165, 1.54) is 9.47 Å². The normalized spacial score (nSPS) is 16.5. The Balaban J connectivity index is 1.89. The third-order valence-electron chi connectivity index (χ3n) is 5.00. The quantitative estimate of drug-likeness (QED) is 0.617. The smallest absolute Gasteiger partial charge is 0.411 e. The molecule has 4 N–H and O–H groups in total. The van der Waals surface area contributed by atoms with Crippen LogP contribution in [-0.2, 0) is 16.6 Å². The van der Waals surface area contributed by atoms with Crippen LogP contribution < -0.4 is 21.9 Å². The molecule has 0 spiro atoms. The third-order valence-corrected chi connectivity index (χ3v) is 7.08. The fourth-order valence-corrected chi connectivity index (χ4v) is 4.80. The number of rotatable bonds is 4. The highest BCUT2D eigenvalue weighted by atomic mass is 35.5. The van der Waals surface area contributed by atoms with Gasteiger partial charge in [0.25, 0.3) is 5.56 Å². The Hall–Kier alpha value is -2.63. The number of anilines is 2. The number of carbonyl (C=O) groups is 2. The van der Waals surface area contributed by atoms with Gasteiger partial charge in [-0.2, -0.15) is 4.98 Å². The number of benzene rings is 1. The molecule has 1 aliphatic rings. The molecule has 0 bridgehead atoms. The highest BCUT2D eigenvalue weighted by molar-refractivity contribution is 7.99. The lowest BCUT2D eigenvalue weighted by atomic mass is 10.1. The molecule has 13 heteroatoms. The molecule has 0 aliphatic carbocycles. The van der Waals surface area contributed by atoms with Crippen molar-refractivity contribution in [2.75, 3.05) is 30.3 Å². The predicted octanol–water partition coefficient (Wildman–Crippen LogP) is 2.73. The van der Waals surface area contributed by atoms with Crippen molar-refractivity contribution in [3.63, 3.8) is 0 Å². The maximum atomic E-state index is 13.1. The summed E-state index contributed by atoms with van der Waals surface area (Å²) in [4.78, 5) is 46.0. The van der Waals surface area contributed by atoms with E-state index in [0.717, 1.165) is 11.8 Å². The van der Waals surface area contributed by atoms with Crippen molar-refractivity contribution >= 4 is 58.7 Å². The maximum Gasteiger partial charge on any atom is 0.411 e. The number of halogens is 2. The Morgan fingerprint density at radius 2 is 1.91 bits per heavy atom. The lowest BCUT2D eigenvalue weighted by Crippen LogP contribution is -2.61. The number of hydrogen-bond acceptors (Lipinski definition) is 8. The van der Waals surface area contributed by atoms with E-state index in [4.69, 9.17) is 39.4 Å². The molecule has 1 aliphatic heterocycles. The van der Waals surface area contributed by atoms with Crippen molar-refractivity contribution < 1.29 is 14.3 Å². The van der Waals surface area contributed by atoms with Crippen LogP contribution in [0, 0.1) is 0 Å². The lowest BCUT2D eigenvalue weighted by molar-refractivity contribution is -0.123. The molecule has 1 fully saturated rings. The zero-order chi connectivity index (χ0) is 25.4. The van der Waals surface area contributed by atoms with Gasteiger partial charge in [0.15, 0.2) is 0 Å². The van der Waals surface area contributed by atoms with Gasteiger partial charge in [-0.3, -0.25) is 19.1 Å². The van der Waals surface area contributed by atoms with Gasteiger partial charge in [0.05, 0.1) is 16.6 Å². The molecular weight excluding hydrogens is 503 g/mol. The fourth-order valence-electron chi connectivity index (χ4n) is 3.38. The molecule has 1 aromatic heterocycles. The average molecular weight is 529 g/mol. The highest BCUT2D eigenvalue weighted by Crippen LogP contribution is 2.37. The molecule has 2 amide bonds. The highest BCUT2D eigenvalue weighted by Gasteiger charge is 2.37. The first-order chi connectivity index (χ1) is 15.8. The second-order valence-corrected chi connectivity index (χ2v) is 10.5. The minimum absolute atomic E-state index is 0.00402. The first-order valence-corrected chi connectivity index (χ1v) is 11.9. The molecule has 10 nitrogen and oxygen atoms in total. The molecule has 1 saturated heterocycles. The standard InChI is InChI=1S/C21H26Cl2N6O4S/c1-21(2,3)33-20(32)29-9-8-28(10-12(29)17(25)30)19-26-16(24)15(18(31)27(19)4)34-13-7-5-6-11(22)14(13)23/h5-7,12H,8-10,24H2,1-4H3,(H2,25,30). The Morgan fingerprint density at radius 1 is 1.24 bits per heavy atom. The van der Waals surface area contributed by atoms with Crippen molar-refractivity contribution in [1.82, 2.24) is 14.5 Å². The summed E-state index contributed by atoms with van der Waals surface area (Å²) in [7, 11) is 1.55. The summed E-state index contributed by atoms with van der Waals surface area (Å²) in [5, 5.41) is 0.661. The van der Waals surface area contributed by atoms with Gasteiger partial charge in [0.2, 0.25) is 11.9 Å². The van der Waals surface area contributed by atoms with E-state index in [2.05, 4.69) is 4.98 Å². The molecule has 2 aromatic rings. The van der Waals surface area contributed by atoms with E-state index in [9.17, 15) is 14.4 Å². The molecule has 0 radical (unpaired) electrons. The number of nitrogen functional groups attached to an aromatic ring is 1. The largest absolute Gasteiger partial charge is 0.444 e. The van der Waals surface area contributed by atoms with Crippen LogP contribution in [0.1, 0.15) is 20.8 Å². The third kappa shape index (κ3) is 5.53. The van der Waals surface area contributed by atoms with E-state index in [-0.39, 0.29) is 36.3 Å². The van der Waals surface area contributed by atoms with Crippen LogP contribution in [-0.4, -0.2) is 57.7 Å². The van der Waals surface area contributed by atoms with Gasteiger partial charge in [-0.1, -0.05) is 41.0 Å². The zero-order valence-electron chi connectivity index (χ0n) is 19.2. The van der Waals surface area contributed by atoms with Crippen LogP contribution in [0.2, 0.25) is 10.0 Å². The van der Waals surface area contributed by atoms with E-state index in [1.807, 2.05) is 0 Å². The van der Waals surface area contributed by atoms with Crippen LogP contribution in [0.5, 0.6) is 0 Å². The number of nitrogens with zero attached hydrogens (tertiary/aromatic N) is 4. The SMILES string of the molecule is Cn1c(N2CCN(C(=O)OC(C)(C)C)C(C(N)=O)C2)nc(N)c(Sc2cccc(Cl)c2Cl)c1=O. The molecule has 34 heavy (non-hydrogen) atoms. The number of amides is 2. The number of nitrogens with two attached hydrogens (primary N) is 2. The Bertz CT molecular complexity index is 1180. The molecule has 1 aromatic carbocycles. The second kappa shape index (κ2) is 9.93. The van der Waals surface area contributed by atoms with Crippen LogP contribution in [0.4, 0.5) is 16.6 Å². The maximum absolute atomic E-state index is 13.1. The number of primary amides is 1. The van der Waals surface area contributed by atoms with Crippen molar-refractivity contribution in [2.45, 2.75) is 42.2 Å². The predicted molar refractivity (Wildman–Crippen MR) is 133 cm³/mol. The number of carbonyl (C=O) groups excluding carboxylic acids is 2. The molecule has 2 heterocycles. The van der Waals surface area contributed by atoms with Crippen molar-refractivity contribution in [1.29, 1.82) is 0 Å². The second-order valence-electron chi connectivity index (χ2n) is 8.68. The Kier molecular flexibility index (Phi) is 7.59. The fraction of sp³-hybridized carbons (Fsp3) is 0.429. The average Bonchev–Trinajstić information content (AvgIpc) is 2.75. The first kappa shape index (κ1) is 26.0. The summed E-state index contributed by atoms with van der Waals surface area (Å²) < 4.78 is 6.73. The summed E-state index contributed by atoms with van der Waals surface area (Å²) in [5.74, 6) is -0.445. The van der Waals surface area contributed by atoms with Crippen molar-refractivity contribution in [3.05, 3.63) is 38.6 Å².